The van der Waals surface area contributed by atoms with Crippen LogP contribution in [0.1, 0.15) is 72.6 Å². The largest absolute Gasteiger partial charge is 0.394 e. The predicted molar refractivity (Wildman–Crippen MR) is 161 cm³/mol. The predicted octanol–water partition coefficient (Wildman–Crippen LogP) is -1.88. The van der Waals surface area contributed by atoms with Crippen LogP contribution in [0.4, 0.5) is 0 Å². The molecule has 14 heteroatoms. The van der Waals surface area contributed by atoms with E-state index in [4.69, 9.17) is 18.9 Å². The highest BCUT2D eigenvalue weighted by atomic mass is 16.7. The van der Waals surface area contributed by atoms with Crippen LogP contribution in [0.2, 0.25) is 0 Å². The highest BCUT2D eigenvalue weighted by Crippen LogP contribution is 2.69. The average Bonchev–Trinajstić information content (AvgIpc) is 3.32. The van der Waals surface area contributed by atoms with E-state index in [1.165, 1.54) is 0 Å². The molecule has 10 N–H and O–H groups in total. The molecule has 2 aliphatic heterocycles. The van der Waals surface area contributed by atoms with Crippen molar-refractivity contribution in [3.8, 4) is 0 Å². The Labute approximate surface area is 275 Å². The van der Waals surface area contributed by atoms with Crippen LogP contribution in [0.25, 0.3) is 0 Å². The van der Waals surface area contributed by atoms with Gasteiger partial charge < -0.3 is 70.0 Å². The third kappa shape index (κ3) is 5.45. The van der Waals surface area contributed by atoms with E-state index >= 15 is 0 Å². The van der Waals surface area contributed by atoms with E-state index in [1.54, 1.807) is 13.8 Å². The summed E-state index contributed by atoms with van der Waals surface area (Å²) in [6.07, 6.45) is -13.0. The minimum absolute atomic E-state index is 0.0941. The molecule has 0 radical (unpaired) electrons. The van der Waals surface area contributed by atoms with Crippen molar-refractivity contribution in [2.75, 3.05) is 6.61 Å². The Kier molecular flexibility index (Phi) is 9.94. The molecule has 0 aromatic carbocycles. The standard InChI is InChI=1S/C33H56O14/c1-13(35)17-8-10-33(43)18-6-5-15-11-16(7-9-31(15,3)20(18)22(37)28(42)32(17,33)4)45-29-26(41)24(39)27(14(2)44-29)47-30-25(40)23(38)21(36)19(12-34)46-30/h13-30,34-43H,5-12H2,1-4H3/t13-,14-,15+,16-,17-,18+,19+,20+,21+,22-,23-,24-,25+,26-,27+,28+,29-,30+,31-,32-,33-/m0/s1. The number of aliphatic hydroxyl groups is 10. The molecule has 21 atom stereocenters. The normalized spacial score (nSPS) is 58.7. The molecule has 4 saturated carbocycles. The molecule has 272 valence electrons. The number of rotatable bonds is 6. The second kappa shape index (κ2) is 12.9. The SMILES string of the molecule is C[C@H](O)[C@@H]1CC[C@]2(O)[C@@H]3CC[C@@H]4C[C@@H](O[C@@H]5O[C@@H](C)[C@@H](O[C@H]6O[C@H](CO)[C@@H](O)[C@H](O)[C@H]6O)[C@@H](O)[C@@H]5O)CC[C@]4(C)[C@H]3[C@H](O)[C@@H](O)[C@]12C. The fourth-order valence-corrected chi connectivity index (χ4v) is 11.0. The van der Waals surface area contributed by atoms with Crippen molar-refractivity contribution in [1.29, 1.82) is 0 Å². The minimum atomic E-state index is -1.68. The van der Waals surface area contributed by atoms with Gasteiger partial charge in [0.2, 0.25) is 0 Å². The van der Waals surface area contributed by atoms with Gasteiger partial charge in [0.25, 0.3) is 0 Å². The Morgan fingerprint density at radius 1 is 0.787 bits per heavy atom. The van der Waals surface area contributed by atoms with Gasteiger partial charge >= 0.3 is 0 Å². The van der Waals surface area contributed by atoms with Crippen molar-refractivity contribution >= 4 is 0 Å². The van der Waals surface area contributed by atoms with Gasteiger partial charge in [-0.15, -0.1) is 0 Å². The van der Waals surface area contributed by atoms with Crippen molar-refractivity contribution in [2.24, 2.45) is 34.5 Å². The summed E-state index contributed by atoms with van der Waals surface area (Å²) in [5, 5.41) is 108. The maximum absolute atomic E-state index is 12.3. The monoisotopic (exact) mass is 676 g/mol. The summed E-state index contributed by atoms with van der Waals surface area (Å²) in [5.74, 6) is -0.804. The summed E-state index contributed by atoms with van der Waals surface area (Å²) < 4.78 is 23.4. The van der Waals surface area contributed by atoms with Crippen molar-refractivity contribution < 1.29 is 70.0 Å². The lowest BCUT2D eigenvalue weighted by atomic mass is 9.41. The van der Waals surface area contributed by atoms with Gasteiger partial charge in [-0.1, -0.05) is 13.8 Å². The maximum atomic E-state index is 12.3. The summed E-state index contributed by atoms with van der Waals surface area (Å²) in [7, 11) is 0. The molecule has 0 unspecified atom stereocenters. The van der Waals surface area contributed by atoms with Gasteiger partial charge in [-0.25, -0.2) is 0 Å². The zero-order chi connectivity index (χ0) is 34.4. The molecule has 4 aliphatic carbocycles. The lowest BCUT2D eigenvalue weighted by molar-refractivity contribution is -0.360. The highest BCUT2D eigenvalue weighted by molar-refractivity contribution is 5.22. The minimum Gasteiger partial charge on any atom is -0.394 e. The van der Waals surface area contributed by atoms with Gasteiger partial charge in [0.1, 0.15) is 42.7 Å². The van der Waals surface area contributed by atoms with Crippen LogP contribution < -0.4 is 0 Å². The van der Waals surface area contributed by atoms with Crippen LogP contribution in [0, 0.1) is 34.5 Å². The van der Waals surface area contributed by atoms with Crippen molar-refractivity contribution in [3.05, 3.63) is 0 Å². The van der Waals surface area contributed by atoms with Gasteiger partial charge in [0.15, 0.2) is 12.6 Å². The molecule has 47 heavy (non-hydrogen) atoms. The van der Waals surface area contributed by atoms with Gasteiger partial charge in [-0.05, 0) is 87.9 Å². The number of fused-ring (bicyclic) bond motifs is 5. The molecule has 0 bridgehead atoms. The third-order valence-electron chi connectivity index (χ3n) is 13.8. The van der Waals surface area contributed by atoms with Gasteiger partial charge in [-0.3, -0.25) is 0 Å². The first-order chi connectivity index (χ1) is 22.0. The summed E-state index contributed by atoms with van der Waals surface area (Å²) in [6, 6.07) is 0. The molecule has 2 heterocycles. The fourth-order valence-electron chi connectivity index (χ4n) is 11.0. The van der Waals surface area contributed by atoms with Gasteiger partial charge in [-0.2, -0.15) is 0 Å². The second-order valence-corrected chi connectivity index (χ2v) is 16.0. The van der Waals surface area contributed by atoms with E-state index < -0.39 is 103 Å². The Hall–Kier alpha value is -0.560. The van der Waals surface area contributed by atoms with Crippen LogP contribution in [0.5, 0.6) is 0 Å². The van der Waals surface area contributed by atoms with Gasteiger partial charge in [0, 0.05) is 5.41 Å². The number of hydrogen-bond donors (Lipinski definition) is 10. The first kappa shape index (κ1) is 36.2. The number of hydrogen-bond acceptors (Lipinski definition) is 14. The molecule has 2 saturated heterocycles. The first-order valence-electron chi connectivity index (χ1n) is 17.4. The molecular weight excluding hydrogens is 620 g/mol. The van der Waals surface area contributed by atoms with Crippen molar-refractivity contribution in [1.82, 2.24) is 0 Å². The van der Waals surface area contributed by atoms with Crippen LogP contribution in [0.15, 0.2) is 0 Å². The quantitative estimate of drug-likeness (QED) is 0.139. The summed E-state index contributed by atoms with van der Waals surface area (Å²) in [4.78, 5) is 0. The maximum Gasteiger partial charge on any atom is 0.187 e. The summed E-state index contributed by atoms with van der Waals surface area (Å²) >= 11 is 0. The van der Waals surface area contributed by atoms with Crippen molar-refractivity contribution in [2.45, 2.75) is 164 Å². The van der Waals surface area contributed by atoms with Crippen molar-refractivity contribution in [3.63, 3.8) is 0 Å². The summed E-state index contributed by atoms with van der Waals surface area (Å²) in [6.45, 7) is 6.59. The molecule has 0 spiro atoms. The lowest BCUT2D eigenvalue weighted by Crippen LogP contribution is -2.72. The van der Waals surface area contributed by atoms with E-state index in [0.29, 0.717) is 38.5 Å². The molecule has 0 aromatic rings. The van der Waals surface area contributed by atoms with Crippen LogP contribution >= 0.6 is 0 Å². The molecule has 6 aliphatic rings. The van der Waals surface area contributed by atoms with E-state index in [0.717, 1.165) is 6.42 Å². The van der Waals surface area contributed by atoms with E-state index in [9.17, 15) is 51.1 Å². The topological polar surface area (TPSA) is 239 Å². The van der Waals surface area contributed by atoms with Crippen LogP contribution in [-0.4, -0.2) is 149 Å². The van der Waals surface area contributed by atoms with Gasteiger partial charge in [0.05, 0.1) is 42.7 Å². The average molecular weight is 677 g/mol. The first-order valence-corrected chi connectivity index (χ1v) is 17.4. The van der Waals surface area contributed by atoms with E-state index in [2.05, 4.69) is 6.92 Å². The molecule has 0 aromatic heterocycles. The Morgan fingerprint density at radius 2 is 1.45 bits per heavy atom. The second-order valence-electron chi connectivity index (χ2n) is 16.0. The number of ether oxygens (including phenoxy) is 4. The zero-order valence-electron chi connectivity index (χ0n) is 27.7. The summed E-state index contributed by atoms with van der Waals surface area (Å²) in [5.41, 5.74) is -2.63. The number of aliphatic hydroxyl groups excluding tert-OH is 9. The third-order valence-corrected chi connectivity index (χ3v) is 13.8. The molecule has 14 nitrogen and oxygen atoms in total. The molecule has 6 fully saturated rings. The fraction of sp³-hybridized carbons (Fsp3) is 1.00. The van der Waals surface area contributed by atoms with Crippen LogP contribution in [-0.2, 0) is 18.9 Å². The molecular formula is C33H56O14. The Bertz CT molecular complexity index is 1110. The smallest absolute Gasteiger partial charge is 0.187 e. The highest BCUT2D eigenvalue weighted by Gasteiger charge is 2.73. The lowest BCUT2D eigenvalue weighted by Gasteiger charge is -2.66. The Morgan fingerprint density at radius 3 is 2.11 bits per heavy atom. The zero-order valence-corrected chi connectivity index (χ0v) is 27.7. The van der Waals surface area contributed by atoms with E-state index in [-0.39, 0.29) is 29.8 Å². The molecule has 0 amide bonds. The van der Waals surface area contributed by atoms with E-state index in [1.807, 2.05) is 6.92 Å². The van der Waals surface area contributed by atoms with Crippen LogP contribution in [0.3, 0.4) is 0 Å². The Balaban J connectivity index is 1.11. The molecule has 6 rings (SSSR count).